The summed E-state index contributed by atoms with van der Waals surface area (Å²) in [4.78, 5) is 4.31. The first kappa shape index (κ1) is 10.4. The first-order valence-corrected chi connectivity index (χ1v) is 5.38. The molecule has 1 heterocycles. The van der Waals surface area contributed by atoms with Crippen molar-refractivity contribution in [3.8, 4) is 5.75 Å². The largest absolute Gasteiger partial charge is 0.506 e. The predicted octanol–water partition coefficient (Wildman–Crippen LogP) is 1.98. The van der Waals surface area contributed by atoms with E-state index >= 15 is 0 Å². The minimum atomic E-state index is 0.284. The third-order valence-corrected chi connectivity index (χ3v) is 3.12. The zero-order chi connectivity index (χ0) is 11.1. The van der Waals surface area contributed by atoms with Gasteiger partial charge in [-0.15, -0.1) is 0 Å². The molecule has 0 aliphatic heterocycles. The molecule has 82 valence electrons. The topological polar surface area (TPSA) is 45.1 Å². The van der Waals surface area contributed by atoms with E-state index in [1.54, 1.807) is 6.07 Å². The third-order valence-electron chi connectivity index (χ3n) is 3.12. The highest BCUT2D eigenvalue weighted by atomic mass is 16.3. The van der Waals surface area contributed by atoms with Crippen LogP contribution in [0.3, 0.4) is 0 Å². The molecule has 1 aliphatic rings. The van der Waals surface area contributed by atoms with Crippen molar-refractivity contribution in [1.82, 2.24) is 10.3 Å². The zero-order valence-corrected chi connectivity index (χ0v) is 9.54. The van der Waals surface area contributed by atoms with E-state index in [4.69, 9.17) is 0 Å². The van der Waals surface area contributed by atoms with Crippen LogP contribution in [0.25, 0.3) is 0 Å². The van der Waals surface area contributed by atoms with Crippen molar-refractivity contribution in [2.45, 2.75) is 39.8 Å². The van der Waals surface area contributed by atoms with Crippen LogP contribution < -0.4 is 5.32 Å². The number of aryl methyl sites for hydroxylation is 1. The maximum Gasteiger partial charge on any atom is 0.138 e. The standard InChI is InChI=1S/C12H18N2O/c1-8-4-5-10(15)9(14-8)7-13-11-6-12(11,2)3/h4-5,11,13,15H,6-7H2,1-3H3. The summed E-state index contributed by atoms with van der Waals surface area (Å²) in [5, 5.41) is 13.0. The van der Waals surface area contributed by atoms with Crippen molar-refractivity contribution in [3.05, 3.63) is 23.5 Å². The molecule has 0 bridgehead atoms. The molecule has 1 fully saturated rings. The molecule has 15 heavy (non-hydrogen) atoms. The summed E-state index contributed by atoms with van der Waals surface area (Å²) in [5.74, 6) is 0.284. The number of nitrogens with zero attached hydrogens (tertiary/aromatic N) is 1. The van der Waals surface area contributed by atoms with Gasteiger partial charge in [0.05, 0.1) is 5.69 Å². The average Bonchev–Trinajstić information content (AvgIpc) is 2.76. The van der Waals surface area contributed by atoms with E-state index in [1.807, 2.05) is 13.0 Å². The highest BCUT2D eigenvalue weighted by Crippen LogP contribution is 2.44. The minimum Gasteiger partial charge on any atom is -0.506 e. The lowest BCUT2D eigenvalue weighted by Gasteiger charge is -2.08. The summed E-state index contributed by atoms with van der Waals surface area (Å²) in [7, 11) is 0. The summed E-state index contributed by atoms with van der Waals surface area (Å²) in [6, 6.07) is 4.09. The SMILES string of the molecule is Cc1ccc(O)c(CNC2CC2(C)C)n1. The van der Waals surface area contributed by atoms with Gasteiger partial charge in [0, 0.05) is 18.3 Å². The number of nitrogens with one attached hydrogen (secondary N) is 1. The van der Waals surface area contributed by atoms with Crippen molar-refractivity contribution in [2.24, 2.45) is 5.41 Å². The van der Waals surface area contributed by atoms with E-state index in [9.17, 15) is 5.11 Å². The van der Waals surface area contributed by atoms with Crippen LogP contribution in [0.4, 0.5) is 0 Å². The Morgan fingerprint density at radius 1 is 1.53 bits per heavy atom. The molecule has 3 heteroatoms. The lowest BCUT2D eigenvalue weighted by Crippen LogP contribution is -2.20. The molecule has 0 radical (unpaired) electrons. The zero-order valence-electron chi connectivity index (χ0n) is 9.54. The predicted molar refractivity (Wildman–Crippen MR) is 59.7 cm³/mol. The Morgan fingerprint density at radius 3 is 2.80 bits per heavy atom. The van der Waals surface area contributed by atoms with Crippen LogP contribution in [0.15, 0.2) is 12.1 Å². The van der Waals surface area contributed by atoms with Gasteiger partial charge in [-0.25, -0.2) is 0 Å². The molecule has 1 aromatic rings. The van der Waals surface area contributed by atoms with Gasteiger partial charge in [-0.05, 0) is 30.9 Å². The molecular weight excluding hydrogens is 188 g/mol. The molecule has 0 saturated heterocycles. The van der Waals surface area contributed by atoms with Gasteiger partial charge in [-0.3, -0.25) is 4.98 Å². The van der Waals surface area contributed by atoms with Crippen molar-refractivity contribution < 1.29 is 5.11 Å². The van der Waals surface area contributed by atoms with Gasteiger partial charge >= 0.3 is 0 Å². The Morgan fingerprint density at radius 2 is 2.20 bits per heavy atom. The number of rotatable bonds is 3. The Hall–Kier alpha value is -1.09. The van der Waals surface area contributed by atoms with E-state index in [1.165, 1.54) is 6.42 Å². The second-order valence-corrected chi connectivity index (χ2v) is 5.04. The van der Waals surface area contributed by atoms with E-state index in [-0.39, 0.29) is 5.75 Å². The fraction of sp³-hybridized carbons (Fsp3) is 0.583. The molecule has 0 amide bonds. The molecule has 1 unspecified atom stereocenters. The number of pyridine rings is 1. The van der Waals surface area contributed by atoms with Gasteiger partial charge in [-0.1, -0.05) is 13.8 Å². The Balaban J connectivity index is 1.96. The molecule has 2 N–H and O–H groups in total. The Bertz CT molecular complexity index is 374. The van der Waals surface area contributed by atoms with Crippen LogP contribution in [0.2, 0.25) is 0 Å². The molecule has 0 aromatic carbocycles. The highest BCUT2D eigenvalue weighted by molar-refractivity contribution is 5.27. The lowest BCUT2D eigenvalue weighted by molar-refractivity contribution is 0.454. The fourth-order valence-corrected chi connectivity index (χ4v) is 1.77. The number of hydrogen-bond acceptors (Lipinski definition) is 3. The Kier molecular flexibility index (Phi) is 2.43. The molecular formula is C12H18N2O. The van der Waals surface area contributed by atoms with E-state index in [0.717, 1.165) is 11.4 Å². The van der Waals surface area contributed by atoms with E-state index < -0.39 is 0 Å². The average molecular weight is 206 g/mol. The quantitative estimate of drug-likeness (QED) is 0.795. The first-order valence-electron chi connectivity index (χ1n) is 5.38. The van der Waals surface area contributed by atoms with E-state index in [0.29, 0.717) is 18.0 Å². The normalized spacial score (nSPS) is 22.7. The van der Waals surface area contributed by atoms with E-state index in [2.05, 4.69) is 24.1 Å². The highest BCUT2D eigenvalue weighted by Gasteiger charge is 2.45. The molecule has 1 aliphatic carbocycles. The van der Waals surface area contributed by atoms with Gasteiger partial charge in [0.25, 0.3) is 0 Å². The number of aromatic nitrogens is 1. The van der Waals surface area contributed by atoms with Crippen molar-refractivity contribution >= 4 is 0 Å². The summed E-state index contributed by atoms with van der Waals surface area (Å²) in [5.41, 5.74) is 2.11. The van der Waals surface area contributed by atoms with Crippen LogP contribution >= 0.6 is 0 Å². The van der Waals surface area contributed by atoms with Gasteiger partial charge in [0.1, 0.15) is 5.75 Å². The second kappa shape index (κ2) is 3.49. The minimum absolute atomic E-state index is 0.284. The smallest absolute Gasteiger partial charge is 0.138 e. The van der Waals surface area contributed by atoms with Crippen LogP contribution in [-0.2, 0) is 6.54 Å². The van der Waals surface area contributed by atoms with Gasteiger partial charge in [0.2, 0.25) is 0 Å². The second-order valence-electron chi connectivity index (χ2n) is 5.04. The van der Waals surface area contributed by atoms with Crippen LogP contribution in [0.1, 0.15) is 31.7 Å². The number of hydrogen-bond donors (Lipinski definition) is 2. The van der Waals surface area contributed by atoms with Crippen molar-refractivity contribution in [2.75, 3.05) is 0 Å². The fourth-order valence-electron chi connectivity index (χ4n) is 1.77. The molecule has 1 atom stereocenters. The third kappa shape index (κ3) is 2.29. The molecule has 3 nitrogen and oxygen atoms in total. The van der Waals surface area contributed by atoms with Crippen LogP contribution in [0.5, 0.6) is 5.75 Å². The molecule has 1 saturated carbocycles. The summed E-state index contributed by atoms with van der Waals surface area (Å²) in [6.45, 7) is 7.08. The van der Waals surface area contributed by atoms with Crippen molar-refractivity contribution in [3.63, 3.8) is 0 Å². The van der Waals surface area contributed by atoms with Gasteiger partial charge < -0.3 is 10.4 Å². The Labute approximate surface area is 90.5 Å². The molecule has 0 spiro atoms. The monoisotopic (exact) mass is 206 g/mol. The van der Waals surface area contributed by atoms with Gasteiger partial charge in [0.15, 0.2) is 0 Å². The molecule has 2 rings (SSSR count). The van der Waals surface area contributed by atoms with Crippen molar-refractivity contribution in [1.29, 1.82) is 0 Å². The van der Waals surface area contributed by atoms with Crippen LogP contribution in [0, 0.1) is 12.3 Å². The number of aromatic hydroxyl groups is 1. The first-order chi connectivity index (χ1) is 6.99. The maximum atomic E-state index is 9.60. The molecule has 1 aromatic heterocycles. The summed E-state index contributed by atoms with van der Waals surface area (Å²) < 4.78 is 0. The summed E-state index contributed by atoms with van der Waals surface area (Å²) in [6.07, 6.45) is 1.21. The summed E-state index contributed by atoms with van der Waals surface area (Å²) >= 11 is 0. The van der Waals surface area contributed by atoms with Crippen LogP contribution in [-0.4, -0.2) is 16.1 Å². The lowest BCUT2D eigenvalue weighted by atomic mass is 10.2. The van der Waals surface area contributed by atoms with Gasteiger partial charge in [-0.2, -0.15) is 0 Å². The maximum absolute atomic E-state index is 9.60.